The van der Waals surface area contributed by atoms with E-state index in [1.54, 1.807) is 7.11 Å². The van der Waals surface area contributed by atoms with E-state index in [9.17, 15) is 0 Å². The van der Waals surface area contributed by atoms with Gasteiger partial charge in [-0.1, -0.05) is 26.0 Å². The van der Waals surface area contributed by atoms with Crippen molar-refractivity contribution in [1.29, 1.82) is 0 Å². The SMILES string of the molecule is COCC[C@H]1CN(Cc2cnn(-c3ccc(C(C)C)cc3)c2)CCO1. The van der Waals surface area contributed by atoms with Gasteiger partial charge < -0.3 is 9.47 Å². The first-order chi connectivity index (χ1) is 12.2. The lowest BCUT2D eigenvalue weighted by Crippen LogP contribution is -2.42. The molecule has 2 heterocycles. The van der Waals surface area contributed by atoms with E-state index in [1.165, 1.54) is 11.1 Å². The summed E-state index contributed by atoms with van der Waals surface area (Å²) in [7, 11) is 1.74. The smallest absolute Gasteiger partial charge is 0.0724 e. The Bertz CT molecular complexity index is 651. The molecule has 1 aromatic heterocycles. The molecule has 136 valence electrons. The molecular weight excluding hydrogens is 314 g/mol. The van der Waals surface area contributed by atoms with E-state index in [2.05, 4.69) is 54.3 Å². The molecule has 25 heavy (non-hydrogen) atoms. The quantitative estimate of drug-likeness (QED) is 0.774. The molecule has 0 spiro atoms. The summed E-state index contributed by atoms with van der Waals surface area (Å²) in [6.07, 6.45) is 5.32. The lowest BCUT2D eigenvalue weighted by molar-refractivity contribution is -0.0432. The van der Waals surface area contributed by atoms with Crippen LogP contribution in [0.5, 0.6) is 0 Å². The summed E-state index contributed by atoms with van der Waals surface area (Å²) in [4.78, 5) is 2.44. The summed E-state index contributed by atoms with van der Waals surface area (Å²) in [5.74, 6) is 0.551. The second-order valence-corrected chi connectivity index (χ2v) is 7.05. The molecule has 0 bridgehead atoms. The number of aromatic nitrogens is 2. The van der Waals surface area contributed by atoms with Crippen LogP contribution in [0.15, 0.2) is 36.7 Å². The van der Waals surface area contributed by atoms with E-state index in [0.29, 0.717) is 5.92 Å². The highest BCUT2D eigenvalue weighted by molar-refractivity contribution is 5.35. The molecule has 1 fully saturated rings. The van der Waals surface area contributed by atoms with Crippen molar-refractivity contribution in [3.8, 4) is 5.69 Å². The molecular formula is C20H29N3O2. The maximum absolute atomic E-state index is 5.81. The molecule has 1 atom stereocenters. The molecule has 0 radical (unpaired) electrons. The fourth-order valence-electron chi connectivity index (χ4n) is 3.20. The van der Waals surface area contributed by atoms with Crippen LogP contribution in [0.2, 0.25) is 0 Å². The standard InChI is InChI=1S/C20H29N3O2/c1-16(2)18-4-6-19(7-5-18)23-14-17(12-21-23)13-22-9-11-25-20(15-22)8-10-24-3/h4-7,12,14,16,20H,8-11,13,15H2,1-3H3/t20-/m0/s1. The summed E-state index contributed by atoms with van der Waals surface area (Å²) >= 11 is 0. The van der Waals surface area contributed by atoms with Crippen LogP contribution in [0.4, 0.5) is 0 Å². The highest BCUT2D eigenvalue weighted by Gasteiger charge is 2.20. The van der Waals surface area contributed by atoms with Crippen LogP contribution < -0.4 is 0 Å². The van der Waals surface area contributed by atoms with Crippen molar-refractivity contribution in [3.05, 3.63) is 47.8 Å². The molecule has 1 aromatic carbocycles. The average Bonchev–Trinajstić information content (AvgIpc) is 3.09. The molecule has 0 unspecified atom stereocenters. The molecule has 1 aliphatic heterocycles. The lowest BCUT2D eigenvalue weighted by Gasteiger charge is -2.32. The molecule has 1 aliphatic rings. The maximum atomic E-state index is 5.81. The van der Waals surface area contributed by atoms with Crippen LogP contribution >= 0.6 is 0 Å². The Morgan fingerprint density at radius 2 is 2.08 bits per heavy atom. The number of hydrogen-bond acceptors (Lipinski definition) is 4. The van der Waals surface area contributed by atoms with Gasteiger partial charge in [0.25, 0.3) is 0 Å². The second kappa shape index (κ2) is 8.61. The summed E-state index contributed by atoms with van der Waals surface area (Å²) in [5.41, 5.74) is 3.70. The van der Waals surface area contributed by atoms with Crippen molar-refractivity contribution in [2.24, 2.45) is 0 Å². The topological polar surface area (TPSA) is 39.5 Å². The summed E-state index contributed by atoms with van der Waals surface area (Å²) in [6, 6.07) is 8.65. The van der Waals surface area contributed by atoms with Gasteiger partial charge in [-0.3, -0.25) is 4.90 Å². The van der Waals surface area contributed by atoms with Gasteiger partial charge in [0.15, 0.2) is 0 Å². The lowest BCUT2D eigenvalue weighted by atomic mass is 10.0. The van der Waals surface area contributed by atoms with Gasteiger partial charge in [0.2, 0.25) is 0 Å². The Hall–Kier alpha value is -1.69. The molecule has 0 amide bonds. The van der Waals surface area contributed by atoms with Crippen LogP contribution in [0.1, 0.15) is 37.3 Å². The molecule has 5 nitrogen and oxygen atoms in total. The minimum atomic E-state index is 0.271. The van der Waals surface area contributed by atoms with Crippen molar-refractivity contribution in [3.63, 3.8) is 0 Å². The van der Waals surface area contributed by atoms with Gasteiger partial charge in [-0.05, 0) is 30.0 Å². The molecule has 5 heteroatoms. The predicted octanol–water partition coefficient (Wildman–Crippen LogP) is 3.23. The first-order valence-corrected chi connectivity index (χ1v) is 9.12. The van der Waals surface area contributed by atoms with Gasteiger partial charge >= 0.3 is 0 Å². The van der Waals surface area contributed by atoms with E-state index >= 15 is 0 Å². The molecule has 1 saturated heterocycles. The minimum absolute atomic E-state index is 0.271. The largest absolute Gasteiger partial charge is 0.385 e. The average molecular weight is 343 g/mol. The van der Waals surface area contributed by atoms with Gasteiger partial charge in [-0.25, -0.2) is 4.68 Å². The Kier molecular flexibility index (Phi) is 6.24. The monoisotopic (exact) mass is 343 g/mol. The number of ether oxygens (including phenoxy) is 2. The Morgan fingerprint density at radius 3 is 2.80 bits per heavy atom. The molecule has 3 rings (SSSR count). The van der Waals surface area contributed by atoms with Crippen molar-refractivity contribution < 1.29 is 9.47 Å². The van der Waals surface area contributed by atoms with E-state index in [1.807, 2.05) is 10.9 Å². The van der Waals surface area contributed by atoms with E-state index in [4.69, 9.17) is 9.47 Å². The number of rotatable bonds is 7. The Morgan fingerprint density at radius 1 is 1.28 bits per heavy atom. The van der Waals surface area contributed by atoms with Gasteiger partial charge in [-0.2, -0.15) is 5.10 Å². The molecule has 0 aliphatic carbocycles. The minimum Gasteiger partial charge on any atom is -0.385 e. The third kappa shape index (κ3) is 4.91. The highest BCUT2D eigenvalue weighted by atomic mass is 16.5. The maximum Gasteiger partial charge on any atom is 0.0724 e. The van der Waals surface area contributed by atoms with Gasteiger partial charge in [0.05, 0.1) is 24.6 Å². The summed E-state index contributed by atoms with van der Waals surface area (Å²) < 4.78 is 12.9. The van der Waals surface area contributed by atoms with Crippen molar-refractivity contribution >= 4 is 0 Å². The number of methoxy groups -OCH3 is 1. The first-order valence-electron chi connectivity index (χ1n) is 9.12. The number of hydrogen-bond donors (Lipinski definition) is 0. The second-order valence-electron chi connectivity index (χ2n) is 7.05. The Labute approximate surface area is 150 Å². The fraction of sp³-hybridized carbons (Fsp3) is 0.550. The van der Waals surface area contributed by atoms with Crippen LogP contribution in [-0.4, -0.2) is 54.2 Å². The Balaban J connectivity index is 1.59. The number of morpholine rings is 1. The zero-order valence-corrected chi connectivity index (χ0v) is 15.5. The van der Waals surface area contributed by atoms with E-state index < -0.39 is 0 Å². The van der Waals surface area contributed by atoms with Crippen LogP contribution in [0, 0.1) is 0 Å². The molecule has 0 N–H and O–H groups in total. The van der Waals surface area contributed by atoms with Gasteiger partial charge in [0, 0.05) is 45.1 Å². The van der Waals surface area contributed by atoms with Crippen molar-refractivity contribution in [2.75, 3.05) is 33.4 Å². The molecule has 0 saturated carbocycles. The number of nitrogens with zero attached hydrogens (tertiary/aromatic N) is 3. The first kappa shape index (κ1) is 18.1. The zero-order chi connectivity index (χ0) is 17.6. The van der Waals surface area contributed by atoms with E-state index in [-0.39, 0.29) is 6.10 Å². The third-order valence-electron chi connectivity index (χ3n) is 4.73. The third-order valence-corrected chi connectivity index (χ3v) is 4.73. The normalized spacial score (nSPS) is 18.8. The molecule has 2 aromatic rings. The van der Waals surface area contributed by atoms with Gasteiger partial charge in [0.1, 0.15) is 0 Å². The van der Waals surface area contributed by atoms with Crippen LogP contribution in [0.3, 0.4) is 0 Å². The summed E-state index contributed by atoms with van der Waals surface area (Å²) in [6.45, 7) is 8.81. The highest BCUT2D eigenvalue weighted by Crippen LogP contribution is 2.18. The zero-order valence-electron chi connectivity index (χ0n) is 15.5. The number of benzene rings is 1. The predicted molar refractivity (Wildman–Crippen MR) is 99.2 cm³/mol. The van der Waals surface area contributed by atoms with E-state index in [0.717, 1.165) is 45.0 Å². The van der Waals surface area contributed by atoms with Crippen molar-refractivity contribution in [2.45, 2.75) is 38.8 Å². The van der Waals surface area contributed by atoms with Gasteiger partial charge in [-0.15, -0.1) is 0 Å². The fourth-order valence-corrected chi connectivity index (χ4v) is 3.20. The van der Waals surface area contributed by atoms with Crippen LogP contribution in [-0.2, 0) is 16.0 Å². The van der Waals surface area contributed by atoms with Crippen molar-refractivity contribution in [1.82, 2.24) is 14.7 Å². The van der Waals surface area contributed by atoms with Crippen LogP contribution in [0.25, 0.3) is 5.69 Å². The summed E-state index contributed by atoms with van der Waals surface area (Å²) in [5, 5.41) is 4.53.